The van der Waals surface area contributed by atoms with Gasteiger partial charge in [0.25, 0.3) is 0 Å². The monoisotopic (exact) mass is 370 g/mol. The molecule has 0 unspecified atom stereocenters. The lowest BCUT2D eigenvalue weighted by Gasteiger charge is -2.06. The van der Waals surface area contributed by atoms with Crippen LogP contribution in [0.15, 0.2) is 77.2 Å². The highest BCUT2D eigenvalue weighted by molar-refractivity contribution is 5.93. The number of benzene rings is 3. The third kappa shape index (κ3) is 3.96. The van der Waals surface area contributed by atoms with Gasteiger partial charge in [0.15, 0.2) is 5.58 Å². The number of amides is 1. The predicted molar refractivity (Wildman–Crippen MR) is 113 cm³/mol. The lowest BCUT2D eigenvalue weighted by Crippen LogP contribution is -2.13. The molecule has 1 amide bonds. The van der Waals surface area contributed by atoms with Crippen molar-refractivity contribution in [1.29, 1.82) is 0 Å². The van der Waals surface area contributed by atoms with Crippen LogP contribution in [0.2, 0.25) is 0 Å². The van der Waals surface area contributed by atoms with Gasteiger partial charge in [0.05, 0.1) is 0 Å². The van der Waals surface area contributed by atoms with Gasteiger partial charge in [0.1, 0.15) is 5.52 Å². The Hall–Kier alpha value is -3.40. The first kappa shape index (κ1) is 18.0. The average molecular weight is 370 g/mol. The van der Waals surface area contributed by atoms with Crippen LogP contribution in [0.5, 0.6) is 0 Å². The molecule has 4 heteroatoms. The Labute approximate surface area is 164 Å². The SMILES string of the molecule is CC(C)CC(=O)Nc1ccc2oc(-c3ccc(-c4ccccc4)cc3)nc2c1. The standard InChI is InChI=1S/C24H22N2O2/c1-16(2)14-23(27)25-20-12-13-22-21(15-20)26-24(28-22)19-10-8-18(9-11-19)17-6-4-3-5-7-17/h3-13,15-16H,14H2,1-2H3,(H,25,27). The van der Waals surface area contributed by atoms with Gasteiger partial charge in [-0.15, -0.1) is 0 Å². The highest BCUT2D eigenvalue weighted by Crippen LogP contribution is 2.28. The van der Waals surface area contributed by atoms with E-state index in [0.29, 0.717) is 23.8 Å². The number of aromatic nitrogens is 1. The molecule has 0 saturated carbocycles. The summed E-state index contributed by atoms with van der Waals surface area (Å²) < 4.78 is 5.90. The molecule has 0 saturated heterocycles. The van der Waals surface area contributed by atoms with Gasteiger partial charge in [0.2, 0.25) is 11.8 Å². The van der Waals surface area contributed by atoms with Crippen molar-refractivity contribution in [2.45, 2.75) is 20.3 Å². The van der Waals surface area contributed by atoms with E-state index in [2.05, 4.69) is 34.6 Å². The Morgan fingerprint density at radius 2 is 1.61 bits per heavy atom. The molecule has 4 nitrogen and oxygen atoms in total. The van der Waals surface area contributed by atoms with Crippen LogP contribution in [0.1, 0.15) is 20.3 Å². The summed E-state index contributed by atoms with van der Waals surface area (Å²) in [4.78, 5) is 16.6. The Morgan fingerprint density at radius 3 is 2.32 bits per heavy atom. The van der Waals surface area contributed by atoms with E-state index in [9.17, 15) is 4.79 Å². The summed E-state index contributed by atoms with van der Waals surface area (Å²) in [6.45, 7) is 4.05. The Kier molecular flexibility index (Phi) is 4.94. The number of rotatable bonds is 5. The van der Waals surface area contributed by atoms with Crippen LogP contribution in [-0.4, -0.2) is 10.9 Å². The fraction of sp³-hybridized carbons (Fsp3) is 0.167. The topological polar surface area (TPSA) is 55.1 Å². The van der Waals surface area contributed by atoms with Crippen LogP contribution in [-0.2, 0) is 4.79 Å². The maximum Gasteiger partial charge on any atom is 0.227 e. The van der Waals surface area contributed by atoms with Crippen molar-refractivity contribution in [3.63, 3.8) is 0 Å². The van der Waals surface area contributed by atoms with Crippen molar-refractivity contribution in [3.8, 4) is 22.6 Å². The van der Waals surface area contributed by atoms with Crippen molar-refractivity contribution >= 4 is 22.7 Å². The van der Waals surface area contributed by atoms with E-state index in [0.717, 1.165) is 22.3 Å². The van der Waals surface area contributed by atoms with E-state index in [1.54, 1.807) is 0 Å². The third-order valence-electron chi connectivity index (χ3n) is 4.50. The lowest BCUT2D eigenvalue weighted by molar-refractivity contribution is -0.116. The van der Waals surface area contributed by atoms with Crippen LogP contribution in [0, 0.1) is 5.92 Å². The van der Waals surface area contributed by atoms with Crippen LogP contribution < -0.4 is 5.32 Å². The van der Waals surface area contributed by atoms with Gasteiger partial charge in [-0.25, -0.2) is 4.98 Å². The van der Waals surface area contributed by atoms with Gasteiger partial charge in [-0.1, -0.05) is 56.3 Å². The minimum Gasteiger partial charge on any atom is -0.436 e. The number of nitrogens with one attached hydrogen (secondary N) is 1. The summed E-state index contributed by atoms with van der Waals surface area (Å²) >= 11 is 0. The average Bonchev–Trinajstić information content (AvgIpc) is 3.11. The molecule has 3 aromatic carbocycles. The first-order valence-electron chi connectivity index (χ1n) is 9.45. The first-order valence-corrected chi connectivity index (χ1v) is 9.45. The molecule has 4 aromatic rings. The van der Waals surface area contributed by atoms with Gasteiger partial charge >= 0.3 is 0 Å². The van der Waals surface area contributed by atoms with Crippen molar-refractivity contribution in [1.82, 2.24) is 4.98 Å². The molecule has 0 spiro atoms. The summed E-state index contributed by atoms with van der Waals surface area (Å²) in [6, 6.07) is 23.9. The highest BCUT2D eigenvalue weighted by atomic mass is 16.3. The summed E-state index contributed by atoms with van der Waals surface area (Å²) in [7, 11) is 0. The molecule has 0 aliphatic heterocycles. The number of fused-ring (bicyclic) bond motifs is 1. The minimum atomic E-state index is 0.00886. The zero-order valence-electron chi connectivity index (χ0n) is 16.0. The first-order chi connectivity index (χ1) is 13.6. The number of carbonyl (C=O) groups excluding carboxylic acids is 1. The Morgan fingerprint density at radius 1 is 0.929 bits per heavy atom. The second-order valence-corrected chi connectivity index (χ2v) is 7.29. The summed E-state index contributed by atoms with van der Waals surface area (Å²) in [5.41, 5.74) is 5.40. The third-order valence-corrected chi connectivity index (χ3v) is 4.50. The summed E-state index contributed by atoms with van der Waals surface area (Å²) in [5, 5.41) is 2.92. The highest BCUT2D eigenvalue weighted by Gasteiger charge is 2.11. The molecule has 0 aliphatic carbocycles. The molecular formula is C24H22N2O2. The van der Waals surface area contributed by atoms with Gasteiger partial charge in [-0.05, 0) is 47.4 Å². The van der Waals surface area contributed by atoms with Crippen molar-refractivity contribution in [2.75, 3.05) is 5.32 Å². The van der Waals surface area contributed by atoms with Crippen molar-refractivity contribution < 1.29 is 9.21 Å². The number of hydrogen-bond donors (Lipinski definition) is 1. The fourth-order valence-electron chi connectivity index (χ4n) is 3.15. The quantitative estimate of drug-likeness (QED) is 0.458. The maximum atomic E-state index is 12.0. The number of hydrogen-bond acceptors (Lipinski definition) is 3. The van der Waals surface area contributed by atoms with Crippen LogP contribution >= 0.6 is 0 Å². The van der Waals surface area contributed by atoms with Gasteiger partial charge in [0, 0.05) is 17.7 Å². The molecule has 1 aromatic heterocycles. The maximum absolute atomic E-state index is 12.0. The van der Waals surface area contributed by atoms with Crippen LogP contribution in [0.25, 0.3) is 33.7 Å². The van der Waals surface area contributed by atoms with E-state index in [1.165, 1.54) is 5.56 Å². The lowest BCUT2D eigenvalue weighted by atomic mass is 10.0. The van der Waals surface area contributed by atoms with Gasteiger partial charge < -0.3 is 9.73 Å². The molecule has 0 bridgehead atoms. The second-order valence-electron chi connectivity index (χ2n) is 7.29. The minimum absolute atomic E-state index is 0.00886. The predicted octanol–water partition coefficient (Wildman–Crippen LogP) is 6.15. The molecule has 0 radical (unpaired) electrons. The molecule has 0 atom stereocenters. The normalized spacial score (nSPS) is 11.1. The van der Waals surface area contributed by atoms with E-state index in [-0.39, 0.29) is 5.91 Å². The molecule has 4 rings (SSSR count). The van der Waals surface area contributed by atoms with E-state index in [1.807, 2.05) is 62.4 Å². The smallest absolute Gasteiger partial charge is 0.227 e. The van der Waals surface area contributed by atoms with Crippen molar-refractivity contribution in [2.24, 2.45) is 5.92 Å². The Bertz CT molecular complexity index is 1100. The van der Waals surface area contributed by atoms with Gasteiger partial charge in [-0.2, -0.15) is 0 Å². The number of anilines is 1. The number of carbonyl (C=O) groups is 1. The fourth-order valence-corrected chi connectivity index (χ4v) is 3.15. The number of nitrogens with zero attached hydrogens (tertiary/aromatic N) is 1. The molecule has 28 heavy (non-hydrogen) atoms. The molecule has 1 heterocycles. The van der Waals surface area contributed by atoms with E-state index < -0.39 is 0 Å². The zero-order chi connectivity index (χ0) is 19.5. The summed E-state index contributed by atoms with van der Waals surface area (Å²) in [5.74, 6) is 0.899. The van der Waals surface area contributed by atoms with E-state index in [4.69, 9.17) is 4.42 Å². The molecule has 0 aliphatic rings. The summed E-state index contributed by atoms with van der Waals surface area (Å²) in [6.07, 6.45) is 0.496. The molecule has 140 valence electrons. The van der Waals surface area contributed by atoms with Crippen LogP contribution in [0.3, 0.4) is 0 Å². The van der Waals surface area contributed by atoms with Crippen molar-refractivity contribution in [3.05, 3.63) is 72.8 Å². The largest absolute Gasteiger partial charge is 0.436 e. The number of oxazole rings is 1. The molecular weight excluding hydrogens is 348 g/mol. The zero-order valence-corrected chi connectivity index (χ0v) is 16.0. The Balaban J connectivity index is 1.57. The molecule has 0 fully saturated rings. The van der Waals surface area contributed by atoms with E-state index >= 15 is 0 Å². The van der Waals surface area contributed by atoms with Crippen LogP contribution in [0.4, 0.5) is 5.69 Å². The molecule has 1 N–H and O–H groups in total. The van der Waals surface area contributed by atoms with Gasteiger partial charge in [-0.3, -0.25) is 4.79 Å². The second kappa shape index (κ2) is 7.69.